The summed E-state index contributed by atoms with van der Waals surface area (Å²) in [5, 5.41) is 13.8. The van der Waals surface area contributed by atoms with Crippen molar-refractivity contribution in [3.63, 3.8) is 0 Å². The number of anilines is 1. The predicted molar refractivity (Wildman–Crippen MR) is 62.8 cm³/mol. The van der Waals surface area contributed by atoms with Gasteiger partial charge in [-0.1, -0.05) is 0 Å². The third-order valence-corrected chi connectivity index (χ3v) is 2.25. The Morgan fingerprint density at radius 3 is 2.59 bits per heavy atom. The molecular weight excluding hydrogens is 222 g/mol. The van der Waals surface area contributed by atoms with E-state index >= 15 is 0 Å². The van der Waals surface area contributed by atoms with Gasteiger partial charge in [-0.25, -0.2) is 9.59 Å². The second-order valence-electron chi connectivity index (χ2n) is 4.20. The Morgan fingerprint density at radius 1 is 1.41 bits per heavy atom. The number of hydrogen-bond acceptors (Lipinski definition) is 3. The second kappa shape index (κ2) is 4.82. The van der Waals surface area contributed by atoms with Gasteiger partial charge >= 0.3 is 12.0 Å². The molecule has 6 heteroatoms. The van der Waals surface area contributed by atoms with E-state index in [9.17, 15) is 9.59 Å². The van der Waals surface area contributed by atoms with E-state index in [4.69, 9.17) is 5.11 Å². The molecule has 6 nitrogen and oxygen atoms in total. The molecule has 0 saturated heterocycles. The van der Waals surface area contributed by atoms with Gasteiger partial charge in [-0.05, 0) is 32.4 Å². The number of nitrogens with zero attached hydrogens (tertiary/aromatic N) is 1. The molecule has 0 spiro atoms. The number of hydrogen-bond donors (Lipinski definition) is 3. The van der Waals surface area contributed by atoms with Crippen LogP contribution < -0.4 is 10.6 Å². The van der Waals surface area contributed by atoms with Gasteiger partial charge in [0.05, 0.1) is 11.9 Å². The quantitative estimate of drug-likeness (QED) is 0.740. The Balaban J connectivity index is 2.69. The molecule has 1 aromatic rings. The van der Waals surface area contributed by atoms with Crippen LogP contribution in [0.25, 0.3) is 0 Å². The number of urea groups is 1. The van der Waals surface area contributed by atoms with Crippen molar-refractivity contribution in [1.82, 2.24) is 10.3 Å². The molecule has 1 rings (SSSR count). The standard InChI is InChI=1S/C11H15N3O3/c1-7-4-5-12-6-8(7)13-10(17)14-11(2,3)9(15)16/h4-6H,1-3H3,(H,15,16)(H2,13,14,17). The van der Waals surface area contributed by atoms with Crippen molar-refractivity contribution >= 4 is 17.7 Å². The number of rotatable bonds is 3. The van der Waals surface area contributed by atoms with Crippen LogP contribution in [-0.4, -0.2) is 27.6 Å². The van der Waals surface area contributed by atoms with E-state index in [1.807, 2.05) is 6.92 Å². The number of pyridine rings is 1. The highest BCUT2D eigenvalue weighted by Gasteiger charge is 2.28. The fourth-order valence-electron chi connectivity index (χ4n) is 1.09. The first-order chi connectivity index (χ1) is 7.83. The molecule has 92 valence electrons. The van der Waals surface area contributed by atoms with Crippen LogP contribution >= 0.6 is 0 Å². The van der Waals surface area contributed by atoms with Crippen LogP contribution in [0.3, 0.4) is 0 Å². The van der Waals surface area contributed by atoms with Gasteiger partial charge in [-0.2, -0.15) is 0 Å². The number of aromatic nitrogens is 1. The Bertz CT molecular complexity index is 443. The van der Waals surface area contributed by atoms with Crippen molar-refractivity contribution in [3.8, 4) is 0 Å². The summed E-state index contributed by atoms with van der Waals surface area (Å²) < 4.78 is 0. The van der Waals surface area contributed by atoms with E-state index in [0.29, 0.717) is 5.69 Å². The summed E-state index contributed by atoms with van der Waals surface area (Å²) >= 11 is 0. The molecule has 0 aromatic carbocycles. The first-order valence-electron chi connectivity index (χ1n) is 5.06. The monoisotopic (exact) mass is 237 g/mol. The molecule has 0 saturated carbocycles. The molecule has 0 bridgehead atoms. The molecule has 0 aliphatic heterocycles. The van der Waals surface area contributed by atoms with Crippen LogP contribution in [-0.2, 0) is 4.79 Å². The molecule has 0 fully saturated rings. The largest absolute Gasteiger partial charge is 0.480 e. The van der Waals surface area contributed by atoms with Crippen molar-refractivity contribution in [2.24, 2.45) is 0 Å². The van der Waals surface area contributed by atoms with Gasteiger partial charge < -0.3 is 15.7 Å². The zero-order chi connectivity index (χ0) is 13.1. The Hall–Kier alpha value is -2.11. The maximum atomic E-state index is 11.6. The van der Waals surface area contributed by atoms with Crippen molar-refractivity contribution in [2.45, 2.75) is 26.3 Å². The predicted octanol–water partition coefficient (Wildman–Crippen LogP) is 1.37. The number of nitrogens with one attached hydrogen (secondary N) is 2. The van der Waals surface area contributed by atoms with Crippen LogP contribution in [0.5, 0.6) is 0 Å². The molecular formula is C11H15N3O3. The van der Waals surface area contributed by atoms with Gasteiger partial charge in [0, 0.05) is 6.20 Å². The summed E-state index contributed by atoms with van der Waals surface area (Å²) in [5.41, 5.74) is 0.0784. The van der Waals surface area contributed by atoms with Crippen LogP contribution in [0, 0.1) is 6.92 Å². The summed E-state index contributed by atoms with van der Waals surface area (Å²) in [6, 6.07) is 1.17. The molecule has 17 heavy (non-hydrogen) atoms. The number of aryl methyl sites for hydroxylation is 1. The van der Waals surface area contributed by atoms with Gasteiger partial charge in [-0.15, -0.1) is 0 Å². The molecule has 1 heterocycles. The Morgan fingerprint density at radius 2 is 2.06 bits per heavy atom. The van der Waals surface area contributed by atoms with Gasteiger partial charge in [0.15, 0.2) is 0 Å². The maximum Gasteiger partial charge on any atom is 0.328 e. The number of carbonyl (C=O) groups is 2. The van der Waals surface area contributed by atoms with E-state index in [1.54, 1.807) is 12.3 Å². The van der Waals surface area contributed by atoms with Crippen LogP contribution in [0.2, 0.25) is 0 Å². The lowest BCUT2D eigenvalue weighted by Crippen LogP contribution is -2.51. The Labute approximate surface area is 99.1 Å². The summed E-state index contributed by atoms with van der Waals surface area (Å²) in [5.74, 6) is -1.10. The number of carboxylic acid groups (broad SMARTS) is 1. The average Bonchev–Trinajstić information content (AvgIpc) is 2.20. The topological polar surface area (TPSA) is 91.3 Å². The van der Waals surface area contributed by atoms with E-state index in [1.165, 1.54) is 20.0 Å². The van der Waals surface area contributed by atoms with E-state index in [0.717, 1.165) is 5.56 Å². The molecule has 0 atom stereocenters. The zero-order valence-corrected chi connectivity index (χ0v) is 9.94. The van der Waals surface area contributed by atoms with Crippen molar-refractivity contribution in [1.29, 1.82) is 0 Å². The summed E-state index contributed by atoms with van der Waals surface area (Å²) in [7, 11) is 0. The number of aliphatic carboxylic acids is 1. The van der Waals surface area contributed by atoms with E-state index in [-0.39, 0.29) is 0 Å². The van der Waals surface area contributed by atoms with Crippen LogP contribution in [0.4, 0.5) is 10.5 Å². The fraction of sp³-hybridized carbons (Fsp3) is 0.364. The van der Waals surface area contributed by atoms with E-state index < -0.39 is 17.5 Å². The SMILES string of the molecule is Cc1ccncc1NC(=O)NC(C)(C)C(=O)O. The molecule has 3 N–H and O–H groups in total. The number of amides is 2. The van der Waals surface area contributed by atoms with Gasteiger partial charge in [0.1, 0.15) is 5.54 Å². The molecule has 1 aromatic heterocycles. The summed E-state index contributed by atoms with van der Waals surface area (Å²) in [6.45, 7) is 4.63. The third-order valence-electron chi connectivity index (χ3n) is 2.25. The highest BCUT2D eigenvalue weighted by molar-refractivity contribution is 5.93. The van der Waals surface area contributed by atoms with Crippen LogP contribution in [0.1, 0.15) is 19.4 Å². The maximum absolute atomic E-state index is 11.6. The van der Waals surface area contributed by atoms with Crippen molar-refractivity contribution < 1.29 is 14.7 Å². The lowest BCUT2D eigenvalue weighted by molar-refractivity contribution is -0.142. The van der Waals surface area contributed by atoms with Crippen molar-refractivity contribution in [2.75, 3.05) is 5.32 Å². The van der Waals surface area contributed by atoms with Crippen LogP contribution in [0.15, 0.2) is 18.5 Å². The van der Waals surface area contributed by atoms with Gasteiger partial charge in [0.25, 0.3) is 0 Å². The highest BCUT2D eigenvalue weighted by atomic mass is 16.4. The Kier molecular flexibility index (Phi) is 3.67. The third kappa shape index (κ3) is 3.44. The normalized spacial score (nSPS) is 10.8. The van der Waals surface area contributed by atoms with Gasteiger partial charge in [-0.3, -0.25) is 4.98 Å². The molecule has 0 aliphatic carbocycles. The molecule has 0 aliphatic rings. The number of carbonyl (C=O) groups excluding carboxylic acids is 1. The minimum absolute atomic E-state index is 0.547. The van der Waals surface area contributed by atoms with Gasteiger partial charge in [0.2, 0.25) is 0 Å². The second-order valence-corrected chi connectivity index (χ2v) is 4.20. The molecule has 2 amide bonds. The summed E-state index contributed by atoms with van der Waals surface area (Å²) in [6.07, 6.45) is 3.11. The highest BCUT2D eigenvalue weighted by Crippen LogP contribution is 2.11. The number of carboxylic acids is 1. The smallest absolute Gasteiger partial charge is 0.328 e. The summed E-state index contributed by atoms with van der Waals surface area (Å²) in [4.78, 5) is 26.3. The molecule has 0 radical (unpaired) electrons. The van der Waals surface area contributed by atoms with Crippen molar-refractivity contribution in [3.05, 3.63) is 24.0 Å². The van der Waals surface area contributed by atoms with E-state index in [2.05, 4.69) is 15.6 Å². The minimum atomic E-state index is -1.32. The fourth-order valence-corrected chi connectivity index (χ4v) is 1.09. The molecule has 0 unspecified atom stereocenters. The first kappa shape index (κ1) is 13.0. The lowest BCUT2D eigenvalue weighted by Gasteiger charge is -2.21. The minimum Gasteiger partial charge on any atom is -0.480 e. The average molecular weight is 237 g/mol. The first-order valence-corrected chi connectivity index (χ1v) is 5.06. The zero-order valence-electron chi connectivity index (χ0n) is 9.94. The lowest BCUT2D eigenvalue weighted by atomic mass is 10.1.